The first-order valence-corrected chi connectivity index (χ1v) is 6.94. The third kappa shape index (κ3) is 3.85. The van der Waals surface area contributed by atoms with Gasteiger partial charge in [-0.2, -0.15) is 0 Å². The fourth-order valence-electron chi connectivity index (χ4n) is 2.41. The molecular weight excluding hydrogens is 275 g/mol. The Bertz CT molecular complexity index is 602. The lowest BCUT2D eigenvalue weighted by molar-refractivity contribution is 0.439. The average molecular weight is 293 g/mol. The molecule has 4 heteroatoms. The Hall–Kier alpha value is -1.81. The van der Waals surface area contributed by atoms with Gasteiger partial charge in [0.05, 0.1) is 0 Å². The lowest BCUT2D eigenvalue weighted by Crippen LogP contribution is -2.23. The van der Waals surface area contributed by atoms with E-state index in [-0.39, 0.29) is 6.04 Å². The molecule has 1 N–H and O–H groups in total. The smallest absolute Gasteiger partial charge is 0.194 e. The third-order valence-electron chi connectivity index (χ3n) is 3.38. The van der Waals surface area contributed by atoms with E-state index in [4.69, 9.17) is 0 Å². The molecule has 2 aromatic carbocycles. The first-order valence-electron chi connectivity index (χ1n) is 6.94. The largest absolute Gasteiger partial charge is 0.310 e. The number of aryl methyl sites for hydroxylation is 1. The summed E-state index contributed by atoms with van der Waals surface area (Å²) in [5, 5.41) is 3.18. The van der Waals surface area contributed by atoms with E-state index in [1.807, 2.05) is 38.1 Å². The highest BCUT2D eigenvalue weighted by molar-refractivity contribution is 5.28. The Balaban J connectivity index is 2.30. The van der Waals surface area contributed by atoms with Gasteiger partial charge in [-0.3, -0.25) is 0 Å². The average Bonchev–Trinajstić information content (AvgIpc) is 2.44. The lowest BCUT2D eigenvalue weighted by Gasteiger charge is -2.19. The summed E-state index contributed by atoms with van der Waals surface area (Å²) in [4.78, 5) is 0. The van der Waals surface area contributed by atoms with Crippen LogP contribution in [0.2, 0.25) is 0 Å². The quantitative estimate of drug-likeness (QED) is 0.810. The number of hydrogen-bond donors (Lipinski definition) is 1. The maximum absolute atomic E-state index is 13.4. The van der Waals surface area contributed by atoms with Crippen LogP contribution in [0.4, 0.5) is 13.2 Å². The van der Waals surface area contributed by atoms with E-state index in [0.29, 0.717) is 18.5 Å². The molecule has 2 aromatic rings. The molecule has 0 saturated carbocycles. The Morgan fingerprint density at radius 2 is 1.71 bits per heavy atom. The van der Waals surface area contributed by atoms with Crippen molar-refractivity contribution < 1.29 is 13.2 Å². The van der Waals surface area contributed by atoms with Crippen LogP contribution in [-0.4, -0.2) is 6.54 Å². The molecule has 21 heavy (non-hydrogen) atoms. The van der Waals surface area contributed by atoms with Gasteiger partial charge < -0.3 is 5.32 Å². The van der Waals surface area contributed by atoms with Crippen molar-refractivity contribution in [2.45, 2.75) is 26.3 Å². The number of likely N-dealkylation sites (N-methyl/N-ethyl adjacent to an activating group) is 1. The summed E-state index contributed by atoms with van der Waals surface area (Å²) in [5.41, 5.74) is 2.60. The molecule has 0 aliphatic rings. The molecule has 1 atom stereocenters. The van der Waals surface area contributed by atoms with Crippen LogP contribution >= 0.6 is 0 Å². The standard InChI is InChI=1S/C17H18F3N/c1-3-21-16(8-12-6-4-5-11(2)7-12)13-9-14(18)17(20)15(19)10-13/h4-7,9-10,16,21H,3,8H2,1-2H3. The van der Waals surface area contributed by atoms with Crippen LogP contribution in [0.1, 0.15) is 29.7 Å². The Morgan fingerprint density at radius 1 is 1.05 bits per heavy atom. The normalized spacial score (nSPS) is 12.4. The van der Waals surface area contributed by atoms with Gasteiger partial charge in [-0.1, -0.05) is 36.8 Å². The van der Waals surface area contributed by atoms with Gasteiger partial charge in [0.2, 0.25) is 0 Å². The van der Waals surface area contributed by atoms with E-state index in [1.54, 1.807) is 0 Å². The van der Waals surface area contributed by atoms with Crippen LogP contribution in [0.3, 0.4) is 0 Å². The second-order valence-corrected chi connectivity index (χ2v) is 5.10. The highest BCUT2D eigenvalue weighted by atomic mass is 19.2. The molecule has 0 saturated heterocycles. The molecule has 0 aliphatic carbocycles. The lowest BCUT2D eigenvalue weighted by atomic mass is 9.97. The number of hydrogen-bond acceptors (Lipinski definition) is 1. The molecule has 0 spiro atoms. The number of nitrogens with one attached hydrogen (secondary N) is 1. The minimum absolute atomic E-state index is 0.263. The van der Waals surface area contributed by atoms with Crippen LogP contribution in [0.25, 0.3) is 0 Å². The second kappa shape index (κ2) is 6.76. The van der Waals surface area contributed by atoms with Crippen molar-refractivity contribution in [3.8, 4) is 0 Å². The van der Waals surface area contributed by atoms with Gasteiger partial charge in [0, 0.05) is 6.04 Å². The van der Waals surface area contributed by atoms with Crippen molar-refractivity contribution in [3.05, 3.63) is 70.5 Å². The predicted molar refractivity (Wildman–Crippen MR) is 77.6 cm³/mol. The molecule has 2 rings (SSSR count). The van der Waals surface area contributed by atoms with Crippen molar-refractivity contribution in [1.29, 1.82) is 0 Å². The minimum atomic E-state index is -1.43. The fourth-order valence-corrected chi connectivity index (χ4v) is 2.41. The molecule has 0 radical (unpaired) electrons. The summed E-state index contributed by atoms with van der Waals surface area (Å²) >= 11 is 0. The molecule has 0 aromatic heterocycles. The van der Waals surface area contributed by atoms with Crippen LogP contribution in [0.5, 0.6) is 0 Å². The van der Waals surface area contributed by atoms with Crippen molar-refractivity contribution in [2.24, 2.45) is 0 Å². The molecule has 0 bridgehead atoms. The van der Waals surface area contributed by atoms with Crippen molar-refractivity contribution >= 4 is 0 Å². The zero-order chi connectivity index (χ0) is 15.4. The Kier molecular flexibility index (Phi) is 5.02. The topological polar surface area (TPSA) is 12.0 Å². The monoisotopic (exact) mass is 293 g/mol. The van der Waals surface area contributed by atoms with Gasteiger partial charge in [-0.25, -0.2) is 13.2 Å². The number of halogens is 3. The van der Waals surface area contributed by atoms with Gasteiger partial charge >= 0.3 is 0 Å². The zero-order valence-corrected chi connectivity index (χ0v) is 12.1. The first-order chi connectivity index (χ1) is 10.0. The van der Waals surface area contributed by atoms with Crippen LogP contribution in [-0.2, 0) is 6.42 Å². The molecule has 0 fully saturated rings. The third-order valence-corrected chi connectivity index (χ3v) is 3.38. The molecule has 1 nitrogen and oxygen atoms in total. The molecule has 1 unspecified atom stereocenters. The van der Waals surface area contributed by atoms with Crippen molar-refractivity contribution in [2.75, 3.05) is 6.54 Å². The van der Waals surface area contributed by atoms with E-state index in [1.165, 1.54) is 0 Å². The maximum Gasteiger partial charge on any atom is 0.194 e. The predicted octanol–water partition coefficient (Wildman–Crippen LogP) is 4.31. The van der Waals surface area contributed by atoms with E-state index >= 15 is 0 Å². The molecular formula is C17H18F3N. The summed E-state index contributed by atoms with van der Waals surface area (Å²) < 4.78 is 39.9. The van der Waals surface area contributed by atoms with Crippen molar-refractivity contribution in [3.63, 3.8) is 0 Å². The molecule has 112 valence electrons. The van der Waals surface area contributed by atoms with Crippen LogP contribution in [0.15, 0.2) is 36.4 Å². The van der Waals surface area contributed by atoms with Crippen LogP contribution in [0, 0.1) is 24.4 Å². The second-order valence-electron chi connectivity index (χ2n) is 5.10. The fraction of sp³-hybridized carbons (Fsp3) is 0.294. The van der Waals surface area contributed by atoms with Crippen molar-refractivity contribution in [1.82, 2.24) is 5.32 Å². The van der Waals surface area contributed by atoms with E-state index < -0.39 is 17.5 Å². The summed E-state index contributed by atoms with van der Waals surface area (Å²) in [6.07, 6.45) is 0.583. The van der Waals surface area contributed by atoms with Gasteiger partial charge in [0.25, 0.3) is 0 Å². The maximum atomic E-state index is 13.4. The Labute approximate surface area is 122 Å². The summed E-state index contributed by atoms with van der Waals surface area (Å²) in [7, 11) is 0. The Morgan fingerprint density at radius 3 is 2.29 bits per heavy atom. The summed E-state index contributed by atoms with van der Waals surface area (Å²) in [5.74, 6) is -3.74. The van der Waals surface area contributed by atoms with Gasteiger partial charge in [0.1, 0.15) is 0 Å². The van der Waals surface area contributed by atoms with Gasteiger partial charge in [0.15, 0.2) is 17.5 Å². The first kappa shape index (κ1) is 15.6. The molecule has 0 aliphatic heterocycles. The molecule has 0 heterocycles. The van der Waals surface area contributed by atoms with E-state index in [0.717, 1.165) is 23.3 Å². The highest BCUT2D eigenvalue weighted by Crippen LogP contribution is 2.23. The summed E-state index contributed by atoms with van der Waals surface area (Å²) in [6.45, 7) is 4.56. The molecule has 0 amide bonds. The van der Waals surface area contributed by atoms with Gasteiger partial charge in [-0.15, -0.1) is 0 Å². The van der Waals surface area contributed by atoms with E-state index in [2.05, 4.69) is 5.32 Å². The highest BCUT2D eigenvalue weighted by Gasteiger charge is 2.17. The SMILES string of the molecule is CCNC(Cc1cccc(C)c1)c1cc(F)c(F)c(F)c1. The number of rotatable bonds is 5. The zero-order valence-electron chi connectivity index (χ0n) is 12.1. The van der Waals surface area contributed by atoms with Gasteiger partial charge in [-0.05, 0) is 43.1 Å². The summed E-state index contributed by atoms with van der Waals surface area (Å²) in [6, 6.07) is 9.78. The minimum Gasteiger partial charge on any atom is -0.310 e. The van der Waals surface area contributed by atoms with E-state index in [9.17, 15) is 13.2 Å². The van der Waals surface area contributed by atoms with Crippen LogP contribution < -0.4 is 5.32 Å². The number of benzene rings is 2.